The molecule has 0 spiro atoms. The highest BCUT2D eigenvalue weighted by Crippen LogP contribution is 2.26. The molecule has 1 rings (SSSR count). The fraction of sp³-hybridized carbons (Fsp3) is 0.200. The quantitative estimate of drug-likeness (QED) is 0.317. The summed E-state index contributed by atoms with van der Waals surface area (Å²) < 4.78 is 4.94. The van der Waals surface area contributed by atoms with Crippen LogP contribution >= 0.6 is 0 Å². The van der Waals surface area contributed by atoms with E-state index in [1.54, 1.807) is 31.2 Å². The van der Waals surface area contributed by atoms with Crippen LogP contribution in [0.25, 0.3) is 0 Å². The number of nitrogens with zero attached hydrogens (tertiary/aromatic N) is 1. The van der Waals surface area contributed by atoms with Gasteiger partial charge in [-0.25, -0.2) is 4.79 Å². The number of aliphatic imine (C=N–C) groups is 1. The van der Waals surface area contributed by atoms with E-state index in [0.717, 1.165) is 0 Å². The second-order valence-corrected chi connectivity index (χ2v) is 2.50. The topological polar surface area (TPSA) is 55.7 Å². The number of carbonyl (C=O) groups is 1. The molecule has 0 saturated carbocycles. The van der Waals surface area contributed by atoms with Gasteiger partial charge in [0.25, 0.3) is 0 Å². The van der Waals surface area contributed by atoms with Gasteiger partial charge in [0.1, 0.15) is 5.69 Å². The molecule has 72 valence electrons. The molecule has 1 aromatic carbocycles. The molecule has 0 N–H and O–H groups in total. The number of para-hydroxylation sites is 2. The van der Waals surface area contributed by atoms with Gasteiger partial charge >= 0.3 is 5.97 Å². The molecule has 0 saturated heterocycles. The summed E-state index contributed by atoms with van der Waals surface area (Å²) in [5.41, 5.74) is 0.310. The lowest BCUT2D eigenvalue weighted by Crippen LogP contribution is -2.05. The number of carbonyl (C=O) groups excluding carboxylic acids is 2. The van der Waals surface area contributed by atoms with Gasteiger partial charge in [-0.3, -0.25) is 4.79 Å². The molecule has 0 unspecified atom stereocenters. The van der Waals surface area contributed by atoms with Gasteiger partial charge in [-0.2, -0.15) is 4.99 Å². The standard InChI is InChI=1S/C10H9NO3/c1-2-10(13)14-9-6-4-3-5-8(9)11-7-12/h3-6H,2H2,1H3. The van der Waals surface area contributed by atoms with Crippen molar-refractivity contribution in [2.45, 2.75) is 13.3 Å². The summed E-state index contributed by atoms with van der Waals surface area (Å²) in [5, 5.41) is 0. The highest BCUT2D eigenvalue weighted by atomic mass is 16.5. The van der Waals surface area contributed by atoms with E-state index in [0.29, 0.717) is 5.69 Å². The summed E-state index contributed by atoms with van der Waals surface area (Å²) in [6.45, 7) is 1.69. The van der Waals surface area contributed by atoms with Gasteiger partial charge in [0.15, 0.2) is 5.75 Å². The first-order valence-corrected chi connectivity index (χ1v) is 4.15. The van der Waals surface area contributed by atoms with Gasteiger partial charge in [-0.05, 0) is 12.1 Å². The Morgan fingerprint density at radius 3 is 2.86 bits per heavy atom. The molecular formula is C10H9NO3. The van der Waals surface area contributed by atoms with Crippen LogP contribution in [0.5, 0.6) is 5.75 Å². The van der Waals surface area contributed by atoms with E-state index in [1.165, 1.54) is 6.08 Å². The van der Waals surface area contributed by atoms with Gasteiger partial charge < -0.3 is 4.74 Å². The fourth-order valence-corrected chi connectivity index (χ4v) is 0.880. The Labute approximate surface area is 81.2 Å². The largest absolute Gasteiger partial charge is 0.424 e. The average molecular weight is 191 g/mol. The predicted molar refractivity (Wildman–Crippen MR) is 50.1 cm³/mol. The first-order valence-electron chi connectivity index (χ1n) is 4.15. The third-order valence-electron chi connectivity index (χ3n) is 1.54. The third kappa shape index (κ3) is 2.54. The Hall–Kier alpha value is -1.93. The van der Waals surface area contributed by atoms with E-state index in [9.17, 15) is 9.59 Å². The third-order valence-corrected chi connectivity index (χ3v) is 1.54. The lowest BCUT2D eigenvalue weighted by atomic mass is 10.3. The van der Waals surface area contributed by atoms with Crippen molar-refractivity contribution in [3.05, 3.63) is 24.3 Å². The van der Waals surface area contributed by atoms with Crippen LogP contribution in [0.15, 0.2) is 29.3 Å². The Kier molecular flexibility index (Phi) is 3.58. The second-order valence-electron chi connectivity index (χ2n) is 2.50. The summed E-state index contributed by atoms with van der Waals surface area (Å²) in [6.07, 6.45) is 1.68. The summed E-state index contributed by atoms with van der Waals surface area (Å²) in [4.78, 5) is 24.4. The van der Waals surface area contributed by atoms with Crippen LogP contribution < -0.4 is 4.74 Å². The Morgan fingerprint density at radius 1 is 1.50 bits per heavy atom. The number of hydrogen-bond acceptors (Lipinski definition) is 4. The molecular weight excluding hydrogens is 182 g/mol. The molecule has 0 aliphatic heterocycles. The van der Waals surface area contributed by atoms with E-state index in [-0.39, 0.29) is 18.1 Å². The molecule has 4 heteroatoms. The maximum atomic E-state index is 11.0. The average Bonchev–Trinajstić information content (AvgIpc) is 2.21. The van der Waals surface area contributed by atoms with Gasteiger partial charge in [0.05, 0.1) is 0 Å². The van der Waals surface area contributed by atoms with Gasteiger partial charge in [0.2, 0.25) is 6.08 Å². The number of rotatable bonds is 3. The molecule has 0 aliphatic rings. The Morgan fingerprint density at radius 2 is 2.21 bits per heavy atom. The van der Waals surface area contributed by atoms with Crippen molar-refractivity contribution in [3.63, 3.8) is 0 Å². The first-order chi connectivity index (χ1) is 6.77. The molecule has 0 heterocycles. The molecule has 14 heavy (non-hydrogen) atoms. The van der Waals surface area contributed by atoms with Crippen molar-refractivity contribution in [3.8, 4) is 5.75 Å². The van der Waals surface area contributed by atoms with Crippen molar-refractivity contribution in [2.24, 2.45) is 4.99 Å². The zero-order valence-electron chi connectivity index (χ0n) is 7.69. The normalized spacial score (nSPS) is 8.93. The minimum absolute atomic E-state index is 0.277. The van der Waals surface area contributed by atoms with E-state index in [4.69, 9.17) is 4.74 Å². The molecule has 1 aromatic rings. The van der Waals surface area contributed by atoms with Crippen LogP contribution in [0.3, 0.4) is 0 Å². The minimum Gasteiger partial charge on any atom is -0.424 e. The van der Waals surface area contributed by atoms with Crippen molar-refractivity contribution in [2.75, 3.05) is 0 Å². The Bertz CT molecular complexity index is 381. The number of esters is 1. The van der Waals surface area contributed by atoms with Gasteiger partial charge in [-0.15, -0.1) is 0 Å². The van der Waals surface area contributed by atoms with E-state index >= 15 is 0 Å². The predicted octanol–water partition coefficient (Wildman–Crippen LogP) is 1.97. The lowest BCUT2D eigenvalue weighted by molar-refractivity contribution is -0.133. The van der Waals surface area contributed by atoms with Crippen molar-refractivity contribution in [1.82, 2.24) is 0 Å². The molecule has 0 amide bonds. The molecule has 0 aromatic heterocycles. The van der Waals surface area contributed by atoms with E-state index in [2.05, 4.69) is 4.99 Å². The highest BCUT2D eigenvalue weighted by Gasteiger charge is 2.05. The number of hydrogen-bond donors (Lipinski definition) is 0. The zero-order valence-corrected chi connectivity index (χ0v) is 7.69. The van der Waals surface area contributed by atoms with Crippen molar-refractivity contribution < 1.29 is 14.3 Å². The molecule has 0 aliphatic carbocycles. The smallest absolute Gasteiger partial charge is 0.310 e. The molecule has 0 bridgehead atoms. The molecule has 0 radical (unpaired) electrons. The maximum Gasteiger partial charge on any atom is 0.310 e. The zero-order chi connectivity index (χ0) is 10.4. The van der Waals surface area contributed by atoms with Gasteiger partial charge in [-0.1, -0.05) is 19.1 Å². The van der Waals surface area contributed by atoms with Crippen LogP contribution in [0.1, 0.15) is 13.3 Å². The SMILES string of the molecule is CCC(=O)Oc1ccccc1N=C=O. The van der Waals surface area contributed by atoms with Crippen LogP contribution in [-0.4, -0.2) is 12.0 Å². The van der Waals surface area contributed by atoms with E-state index < -0.39 is 0 Å². The summed E-state index contributed by atoms with van der Waals surface area (Å²) >= 11 is 0. The van der Waals surface area contributed by atoms with Crippen LogP contribution in [-0.2, 0) is 9.59 Å². The fourth-order valence-electron chi connectivity index (χ4n) is 0.880. The maximum absolute atomic E-state index is 11.0. The molecule has 0 fully saturated rings. The summed E-state index contributed by atoms with van der Waals surface area (Å²) in [5.74, 6) is -0.0822. The Balaban J connectivity index is 2.95. The number of benzene rings is 1. The van der Waals surface area contributed by atoms with Crippen LogP contribution in [0.4, 0.5) is 5.69 Å². The number of ether oxygens (including phenoxy) is 1. The van der Waals surface area contributed by atoms with E-state index in [1.807, 2.05) is 0 Å². The lowest BCUT2D eigenvalue weighted by Gasteiger charge is -2.03. The minimum atomic E-state index is -0.362. The monoisotopic (exact) mass is 191 g/mol. The van der Waals surface area contributed by atoms with Crippen molar-refractivity contribution >= 4 is 17.7 Å². The summed E-state index contributed by atoms with van der Waals surface area (Å²) in [6, 6.07) is 6.54. The second kappa shape index (κ2) is 4.94. The summed E-state index contributed by atoms with van der Waals surface area (Å²) in [7, 11) is 0. The highest BCUT2D eigenvalue weighted by molar-refractivity contribution is 5.74. The van der Waals surface area contributed by atoms with Crippen LogP contribution in [0, 0.1) is 0 Å². The van der Waals surface area contributed by atoms with Gasteiger partial charge in [0, 0.05) is 6.42 Å². The van der Waals surface area contributed by atoms with Crippen LogP contribution in [0.2, 0.25) is 0 Å². The molecule has 0 atom stereocenters. The first kappa shape index (κ1) is 10.2. The number of isocyanates is 1. The molecule has 4 nitrogen and oxygen atoms in total. The van der Waals surface area contributed by atoms with Crippen molar-refractivity contribution in [1.29, 1.82) is 0 Å².